The molecule has 2 rings (SSSR count). The van der Waals surface area contributed by atoms with Gasteiger partial charge in [0.25, 0.3) is 0 Å². The molecule has 1 aliphatic rings. The second-order valence-electron chi connectivity index (χ2n) is 6.07. The lowest BCUT2D eigenvalue weighted by Crippen LogP contribution is -2.41. The van der Waals surface area contributed by atoms with Gasteiger partial charge in [0.05, 0.1) is 5.25 Å². The van der Waals surface area contributed by atoms with Crippen molar-refractivity contribution in [2.24, 2.45) is 5.92 Å². The predicted octanol–water partition coefficient (Wildman–Crippen LogP) is 2.56. The minimum absolute atomic E-state index is 0.117. The fourth-order valence-electron chi connectivity index (χ4n) is 3.34. The molecule has 1 saturated carbocycles. The van der Waals surface area contributed by atoms with Crippen LogP contribution in [0.5, 0.6) is 0 Å². The zero-order chi connectivity index (χ0) is 15.5. The molecule has 0 aliphatic heterocycles. The molecule has 1 aromatic carbocycles. The molecule has 1 aliphatic carbocycles. The Bertz CT molecular complexity index is 573. The maximum atomic E-state index is 13.8. The highest BCUT2D eigenvalue weighted by molar-refractivity contribution is 7.91. The molecule has 0 aromatic heterocycles. The van der Waals surface area contributed by atoms with Gasteiger partial charge in [0.2, 0.25) is 0 Å². The molecule has 3 atom stereocenters. The Hall–Kier alpha value is -0.940. The first kappa shape index (κ1) is 16.4. The lowest BCUT2D eigenvalue weighted by Gasteiger charge is -2.34. The van der Waals surface area contributed by atoms with Crippen LogP contribution in [0.3, 0.4) is 0 Å². The van der Waals surface area contributed by atoms with Gasteiger partial charge >= 0.3 is 0 Å². The maximum absolute atomic E-state index is 13.8. The van der Waals surface area contributed by atoms with Crippen LogP contribution in [-0.2, 0) is 16.3 Å². The minimum atomic E-state index is -2.98. The van der Waals surface area contributed by atoms with Crippen LogP contribution in [-0.4, -0.2) is 33.0 Å². The second-order valence-corrected chi connectivity index (χ2v) is 8.39. The molecule has 21 heavy (non-hydrogen) atoms. The van der Waals surface area contributed by atoms with E-state index in [1.54, 1.807) is 12.1 Å². The van der Waals surface area contributed by atoms with E-state index in [1.165, 1.54) is 12.3 Å². The Labute approximate surface area is 126 Å². The van der Waals surface area contributed by atoms with Gasteiger partial charge in [-0.2, -0.15) is 0 Å². The summed E-state index contributed by atoms with van der Waals surface area (Å²) < 4.78 is 37.3. The van der Waals surface area contributed by atoms with E-state index in [9.17, 15) is 12.8 Å². The van der Waals surface area contributed by atoms with Crippen LogP contribution in [0.4, 0.5) is 4.39 Å². The van der Waals surface area contributed by atoms with Crippen LogP contribution in [0, 0.1) is 11.7 Å². The van der Waals surface area contributed by atoms with Gasteiger partial charge in [-0.1, -0.05) is 24.6 Å². The third kappa shape index (κ3) is 4.27. The van der Waals surface area contributed by atoms with E-state index in [0.717, 1.165) is 19.3 Å². The maximum Gasteiger partial charge on any atom is 0.150 e. The highest BCUT2D eigenvalue weighted by Crippen LogP contribution is 2.31. The standard InChI is InChI=1S/C16H24FNO2S/c1-18-16(11-12-6-3-4-9-15(12)17)13-7-5-8-14(10-13)21(2,19)20/h3-4,6,9,13-14,16,18H,5,7-8,10-11H2,1-2H3. The van der Waals surface area contributed by atoms with Crippen molar-refractivity contribution in [2.45, 2.75) is 43.4 Å². The molecule has 3 unspecified atom stereocenters. The van der Waals surface area contributed by atoms with Crippen molar-refractivity contribution >= 4 is 9.84 Å². The molecule has 0 radical (unpaired) electrons. The highest BCUT2D eigenvalue weighted by atomic mass is 32.2. The molecule has 3 nitrogen and oxygen atoms in total. The molecule has 0 amide bonds. The van der Waals surface area contributed by atoms with E-state index >= 15 is 0 Å². The molecule has 0 saturated heterocycles. The van der Waals surface area contributed by atoms with E-state index in [-0.39, 0.29) is 23.0 Å². The van der Waals surface area contributed by atoms with Gasteiger partial charge in [-0.15, -0.1) is 0 Å². The van der Waals surface area contributed by atoms with E-state index in [2.05, 4.69) is 5.32 Å². The van der Waals surface area contributed by atoms with Crippen LogP contribution in [0.1, 0.15) is 31.2 Å². The van der Waals surface area contributed by atoms with E-state index in [1.807, 2.05) is 13.1 Å². The summed E-state index contributed by atoms with van der Waals surface area (Å²) in [6.07, 6.45) is 5.30. The van der Waals surface area contributed by atoms with Crippen molar-refractivity contribution in [3.8, 4) is 0 Å². The number of rotatable bonds is 5. The van der Waals surface area contributed by atoms with Gasteiger partial charge in [-0.05, 0) is 50.3 Å². The van der Waals surface area contributed by atoms with Gasteiger partial charge in [0.1, 0.15) is 15.7 Å². The molecule has 1 fully saturated rings. The summed E-state index contributed by atoms with van der Waals surface area (Å²) in [4.78, 5) is 0. The van der Waals surface area contributed by atoms with Crippen molar-refractivity contribution in [1.29, 1.82) is 0 Å². The number of hydrogen-bond donors (Lipinski definition) is 1. The molecule has 0 bridgehead atoms. The molecular weight excluding hydrogens is 289 g/mol. The first-order chi connectivity index (χ1) is 9.91. The SMILES string of the molecule is CNC(Cc1ccccc1F)C1CCCC(S(C)(=O)=O)C1. The van der Waals surface area contributed by atoms with Crippen LogP contribution in [0.15, 0.2) is 24.3 Å². The first-order valence-corrected chi connectivity index (χ1v) is 9.46. The van der Waals surface area contributed by atoms with Gasteiger partial charge in [-0.25, -0.2) is 12.8 Å². The summed E-state index contributed by atoms with van der Waals surface area (Å²) in [5.41, 5.74) is 0.693. The summed E-state index contributed by atoms with van der Waals surface area (Å²) in [5.74, 6) is 0.0938. The number of benzene rings is 1. The largest absolute Gasteiger partial charge is 0.316 e. The molecule has 0 spiro atoms. The molecular formula is C16H24FNO2S. The molecule has 1 N–H and O–H groups in total. The van der Waals surface area contributed by atoms with E-state index < -0.39 is 9.84 Å². The Morgan fingerprint density at radius 1 is 1.33 bits per heavy atom. The third-order valence-corrected chi connectivity index (χ3v) is 6.25. The van der Waals surface area contributed by atoms with Crippen molar-refractivity contribution in [1.82, 2.24) is 5.32 Å². The summed E-state index contributed by atoms with van der Waals surface area (Å²) >= 11 is 0. The summed E-state index contributed by atoms with van der Waals surface area (Å²) in [7, 11) is -1.11. The normalized spacial score (nSPS) is 24.7. The Balaban J connectivity index is 2.09. The lowest BCUT2D eigenvalue weighted by molar-refractivity contribution is 0.276. The highest BCUT2D eigenvalue weighted by Gasteiger charge is 2.32. The van der Waals surface area contributed by atoms with Crippen LogP contribution in [0.2, 0.25) is 0 Å². The summed E-state index contributed by atoms with van der Waals surface area (Å²) in [6, 6.07) is 6.92. The number of halogens is 1. The van der Waals surface area contributed by atoms with Gasteiger partial charge < -0.3 is 5.32 Å². The molecule has 1 aromatic rings. The Morgan fingerprint density at radius 3 is 2.67 bits per heavy atom. The van der Waals surface area contributed by atoms with Crippen molar-refractivity contribution < 1.29 is 12.8 Å². The smallest absolute Gasteiger partial charge is 0.150 e. The van der Waals surface area contributed by atoms with Crippen molar-refractivity contribution in [3.05, 3.63) is 35.6 Å². The Kier molecular flexibility index (Phi) is 5.38. The van der Waals surface area contributed by atoms with Crippen LogP contribution < -0.4 is 5.32 Å². The van der Waals surface area contributed by atoms with Crippen LogP contribution >= 0.6 is 0 Å². The number of nitrogens with one attached hydrogen (secondary N) is 1. The topological polar surface area (TPSA) is 46.2 Å². The van der Waals surface area contributed by atoms with E-state index in [4.69, 9.17) is 0 Å². The first-order valence-electron chi connectivity index (χ1n) is 7.51. The number of sulfone groups is 1. The molecule has 5 heteroatoms. The van der Waals surface area contributed by atoms with E-state index in [0.29, 0.717) is 18.4 Å². The van der Waals surface area contributed by atoms with Crippen molar-refractivity contribution in [3.63, 3.8) is 0 Å². The second kappa shape index (κ2) is 6.88. The minimum Gasteiger partial charge on any atom is -0.316 e. The number of hydrogen-bond acceptors (Lipinski definition) is 3. The summed E-state index contributed by atoms with van der Waals surface area (Å²) in [5, 5.41) is 3.02. The quantitative estimate of drug-likeness (QED) is 0.909. The zero-order valence-electron chi connectivity index (χ0n) is 12.7. The monoisotopic (exact) mass is 313 g/mol. The van der Waals surface area contributed by atoms with Gasteiger partial charge in [-0.3, -0.25) is 0 Å². The lowest BCUT2D eigenvalue weighted by atomic mass is 9.81. The average molecular weight is 313 g/mol. The summed E-state index contributed by atoms with van der Waals surface area (Å²) in [6.45, 7) is 0. The van der Waals surface area contributed by atoms with Gasteiger partial charge in [0, 0.05) is 12.3 Å². The fraction of sp³-hybridized carbons (Fsp3) is 0.625. The van der Waals surface area contributed by atoms with Gasteiger partial charge in [0.15, 0.2) is 0 Å². The fourth-order valence-corrected chi connectivity index (χ4v) is 4.53. The zero-order valence-corrected chi connectivity index (χ0v) is 13.5. The van der Waals surface area contributed by atoms with Crippen LogP contribution in [0.25, 0.3) is 0 Å². The van der Waals surface area contributed by atoms with Crippen molar-refractivity contribution in [2.75, 3.05) is 13.3 Å². The molecule has 0 heterocycles. The average Bonchev–Trinajstić information content (AvgIpc) is 2.46. The predicted molar refractivity (Wildman–Crippen MR) is 83.5 cm³/mol. The molecule has 118 valence electrons. The Morgan fingerprint density at radius 2 is 2.05 bits per heavy atom. The third-order valence-electron chi connectivity index (χ3n) is 4.61. The number of likely N-dealkylation sites (N-methyl/N-ethyl adjacent to an activating group) is 1.